The summed E-state index contributed by atoms with van der Waals surface area (Å²) in [5, 5.41) is 12.5. The molecule has 3 heterocycles. The fourth-order valence-corrected chi connectivity index (χ4v) is 3.65. The Morgan fingerprint density at radius 3 is 2.68 bits per heavy atom. The largest absolute Gasteiger partial charge is 0.361 e. The molecular formula is C21H26N6O. The van der Waals surface area contributed by atoms with Gasteiger partial charge in [-0.1, -0.05) is 25.1 Å². The van der Waals surface area contributed by atoms with Crippen LogP contribution in [0.4, 0.5) is 5.82 Å². The quantitative estimate of drug-likeness (QED) is 0.687. The molecule has 4 rings (SSSR count). The van der Waals surface area contributed by atoms with E-state index in [-0.39, 0.29) is 5.91 Å². The average Bonchev–Trinajstić information content (AvgIpc) is 3.17. The van der Waals surface area contributed by atoms with Crippen molar-refractivity contribution in [3.63, 3.8) is 0 Å². The Morgan fingerprint density at radius 1 is 1.11 bits per heavy atom. The summed E-state index contributed by atoms with van der Waals surface area (Å²) < 4.78 is 0. The molecule has 1 aliphatic rings. The van der Waals surface area contributed by atoms with Crippen molar-refractivity contribution in [2.24, 2.45) is 0 Å². The number of aromatic amines is 1. The van der Waals surface area contributed by atoms with Gasteiger partial charge in [-0.3, -0.25) is 4.79 Å². The van der Waals surface area contributed by atoms with Crippen LogP contribution in [0, 0.1) is 0 Å². The number of carbonyl (C=O) groups excluding carboxylic acids is 1. The molecule has 1 saturated heterocycles. The first-order chi connectivity index (χ1) is 13.7. The Morgan fingerprint density at radius 2 is 1.93 bits per heavy atom. The second-order valence-electron chi connectivity index (χ2n) is 7.06. The maximum Gasteiger partial charge on any atom is 0.271 e. The van der Waals surface area contributed by atoms with E-state index in [0.29, 0.717) is 12.2 Å². The fourth-order valence-electron chi connectivity index (χ4n) is 3.65. The van der Waals surface area contributed by atoms with Gasteiger partial charge in [0.2, 0.25) is 0 Å². The van der Waals surface area contributed by atoms with Crippen molar-refractivity contribution in [3.05, 3.63) is 53.9 Å². The molecule has 2 N–H and O–H groups in total. The van der Waals surface area contributed by atoms with Gasteiger partial charge in [-0.25, -0.2) is 0 Å². The Kier molecular flexibility index (Phi) is 5.53. The summed E-state index contributed by atoms with van der Waals surface area (Å²) in [4.78, 5) is 20.3. The van der Waals surface area contributed by atoms with E-state index in [9.17, 15) is 4.79 Å². The highest BCUT2D eigenvalue weighted by atomic mass is 16.1. The van der Waals surface area contributed by atoms with Crippen LogP contribution in [0.2, 0.25) is 0 Å². The van der Waals surface area contributed by atoms with Gasteiger partial charge in [0.05, 0.1) is 0 Å². The smallest absolute Gasteiger partial charge is 0.271 e. The number of likely N-dealkylation sites (N-methyl/N-ethyl adjacent to an activating group) is 1. The number of nitrogens with zero attached hydrogens (tertiary/aromatic N) is 4. The van der Waals surface area contributed by atoms with E-state index in [1.54, 1.807) is 6.07 Å². The van der Waals surface area contributed by atoms with Crippen LogP contribution < -0.4 is 10.2 Å². The Hall–Kier alpha value is -2.93. The van der Waals surface area contributed by atoms with E-state index in [0.717, 1.165) is 50.5 Å². The van der Waals surface area contributed by atoms with Gasteiger partial charge in [-0.15, -0.1) is 10.2 Å². The van der Waals surface area contributed by atoms with Crippen molar-refractivity contribution in [1.82, 2.24) is 25.4 Å². The van der Waals surface area contributed by atoms with Gasteiger partial charge in [0, 0.05) is 49.8 Å². The monoisotopic (exact) mass is 378 g/mol. The number of anilines is 1. The normalized spacial score (nSPS) is 15.1. The molecule has 146 valence electrons. The zero-order valence-electron chi connectivity index (χ0n) is 16.2. The molecule has 0 bridgehead atoms. The molecule has 0 aliphatic carbocycles. The van der Waals surface area contributed by atoms with Gasteiger partial charge in [0.15, 0.2) is 11.5 Å². The van der Waals surface area contributed by atoms with Gasteiger partial charge in [-0.05, 0) is 36.7 Å². The fraction of sp³-hybridized carbons (Fsp3) is 0.381. The Bertz CT molecular complexity index is 927. The van der Waals surface area contributed by atoms with Crippen LogP contribution in [-0.4, -0.2) is 65.3 Å². The van der Waals surface area contributed by atoms with Crippen LogP contribution in [0.5, 0.6) is 0 Å². The van der Waals surface area contributed by atoms with Crippen LogP contribution in [0.1, 0.15) is 23.0 Å². The first-order valence-electron chi connectivity index (χ1n) is 9.89. The molecule has 0 radical (unpaired) electrons. The van der Waals surface area contributed by atoms with Crippen molar-refractivity contribution in [1.29, 1.82) is 0 Å². The topological polar surface area (TPSA) is 77.1 Å². The van der Waals surface area contributed by atoms with Crippen LogP contribution in [0.3, 0.4) is 0 Å². The number of benzene rings is 1. The zero-order valence-corrected chi connectivity index (χ0v) is 16.2. The van der Waals surface area contributed by atoms with Crippen molar-refractivity contribution in [2.75, 3.05) is 44.2 Å². The molecule has 3 aromatic rings. The second-order valence-corrected chi connectivity index (χ2v) is 7.06. The lowest BCUT2D eigenvalue weighted by Crippen LogP contribution is -2.46. The summed E-state index contributed by atoms with van der Waals surface area (Å²) in [6, 6.07) is 11.8. The van der Waals surface area contributed by atoms with Crippen LogP contribution >= 0.6 is 0 Å². The van der Waals surface area contributed by atoms with E-state index >= 15 is 0 Å². The summed E-state index contributed by atoms with van der Waals surface area (Å²) >= 11 is 0. The molecule has 7 heteroatoms. The summed E-state index contributed by atoms with van der Waals surface area (Å²) in [5.74, 6) is 0.654. The third kappa shape index (κ3) is 3.99. The molecule has 0 unspecified atom stereocenters. The maximum atomic E-state index is 12.4. The molecule has 1 fully saturated rings. The number of H-pyrrole nitrogens is 1. The lowest BCUT2D eigenvalue weighted by molar-refractivity contribution is 0.0948. The van der Waals surface area contributed by atoms with Crippen molar-refractivity contribution < 1.29 is 4.79 Å². The summed E-state index contributed by atoms with van der Waals surface area (Å²) in [6.07, 6.45) is 2.77. The van der Waals surface area contributed by atoms with Gasteiger partial charge in [0.25, 0.3) is 5.91 Å². The molecule has 1 amide bonds. The van der Waals surface area contributed by atoms with Crippen molar-refractivity contribution >= 4 is 22.6 Å². The van der Waals surface area contributed by atoms with Crippen molar-refractivity contribution in [3.8, 4) is 0 Å². The minimum absolute atomic E-state index is 0.185. The number of piperazine rings is 1. The lowest BCUT2D eigenvalue weighted by Gasteiger charge is -2.34. The third-order valence-corrected chi connectivity index (χ3v) is 5.38. The number of aromatic nitrogens is 3. The number of hydrogen-bond donors (Lipinski definition) is 2. The second kappa shape index (κ2) is 8.39. The lowest BCUT2D eigenvalue weighted by atomic mass is 10.1. The molecule has 28 heavy (non-hydrogen) atoms. The number of rotatable bonds is 6. The third-order valence-electron chi connectivity index (χ3n) is 5.38. The number of amides is 1. The predicted octanol–water partition coefficient (Wildman–Crippen LogP) is 2.07. The number of para-hydroxylation sites is 1. The standard InChI is InChI=1S/C21H26N6O/c1-2-26-11-13-27(14-12-26)20-8-7-19(24-25-20)21(28)22-10-9-16-15-23-18-6-4-3-5-17(16)18/h3-8,15,23H,2,9-14H2,1H3,(H,22,28). The highest BCUT2D eigenvalue weighted by Crippen LogP contribution is 2.17. The van der Waals surface area contributed by atoms with Gasteiger partial charge in [-0.2, -0.15) is 0 Å². The van der Waals surface area contributed by atoms with Crippen LogP contribution in [0.25, 0.3) is 10.9 Å². The van der Waals surface area contributed by atoms with Gasteiger partial charge >= 0.3 is 0 Å². The van der Waals surface area contributed by atoms with E-state index in [1.165, 1.54) is 10.9 Å². The van der Waals surface area contributed by atoms with Gasteiger partial charge < -0.3 is 20.1 Å². The molecule has 0 atom stereocenters. The minimum Gasteiger partial charge on any atom is -0.361 e. The average molecular weight is 378 g/mol. The van der Waals surface area contributed by atoms with Crippen LogP contribution in [0.15, 0.2) is 42.6 Å². The first-order valence-corrected chi connectivity index (χ1v) is 9.89. The number of nitrogens with one attached hydrogen (secondary N) is 2. The van der Waals surface area contributed by atoms with Crippen molar-refractivity contribution in [2.45, 2.75) is 13.3 Å². The summed E-state index contributed by atoms with van der Waals surface area (Å²) in [6.45, 7) is 7.78. The summed E-state index contributed by atoms with van der Waals surface area (Å²) in [7, 11) is 0. The number of hydrogen-bond acceptors (Lipinski definition) is 5. The highest BCUT2D eigenvalue weighted by molar-refractivity contribution is 5.92. The van der Waals surface area contributed by atoms with E-state index in [4.69, 9.17) is 0 Å². The Labute approximate surface area is 164 Å². The molecule has 0 saturated carbocycles. The van der Waals surface area contributed by atoms with Crippen LogP contribution in [-0.2, 0) is 6.42 Å². The number of carbonyl (C=O) groups is 1. The maximum absolute atomic E-state index is 12.4. The first kappa shape index (κ1) is 18.4. The minimum atomic E-state index is -0.185. The number of fused-ring (bicyclic) bond motifs is 1. The molecule has 7 nitrogen and oxygen atoms in total. The molecule has 1 aromatic carbocycles. The van der Waals surface area contributed by atoms with Gasteiger partial charge in [0.1, 0.15) is 0 Å². The summed E-state index contributed by atoms with van der Waals surface area (Å²) in [5.41, 5.74) is 2.67. The Balaban J connectivity index is 1.30. The molecule has 1 aliphatic heterocycles. The molecule has 2 aromatic heterocycles. The van der Waals surface area contributed by atoms with E-state index in [2.05, 4.69) is 49.4 Å². The van der Waals surface area contributed by atoms with E-state index < -0.39 is 0 Å². The molecular weight excluding hydrogens is 352 g/mol. The van der Waals surface area contributed by atoms with E-state index in [1.807, 2.05) is 24.4 Å². The SMILES string of the molecule is CCN1CCN(c2ccc(C(=O)NCCc3c[nH]c4ccccc34)nn2)CC1. The zero-order chi connectivity index (χ0) is 19.3. The predicted molar refractivity (Wildman–Crippen MR) is 111 cm³/mol. The molecule has 0 spiro atoms. The highest BCUT2D eigenvalue weighted by Gasteiger charge is 2.17.